The number of likely N-dealkylation sites (tertiary alicyclic amines) is 1. The van der Waals surface area contributed by atoms with Gasteiger partial charge in [0.15, 0.2) is 0 Å². The Morgan fingerprint density at radius 1 is 1.06 bits per heavy atom. The zero-order valence-electron chi connectivity index (χ0n) is 20.9. The van der Waals surface area contributed by atoms with Crippen LogP contribution in [0.25, 0.3) is 0 Å². The molecule has 0 unspecified atom stereocenters. The summed E-state index contributed by atoms with van der Waals surface area (Å²) in [6, 6.07) is 6.39. The van der Waals surface area contributed by atoms with E-state index in [0.29, 0.717) is 41.6 Å². The van der Waals surface area contributed by atoms with Gasteiger partial charge in [-0.15, -0.1) is 0 Å². The van der Waals surface area contributed by atoms with Crippen LogP contribution in [0.5, 0.6) is 11.5 Å². The Kier molecular flexibility index (Phi) is 5.99. The maximum Gasteiger partial charge on any atom is 0.228 e. The molecule has 7 nitrogen and oxygen atoms in total. The number of hydrogen-bond donors (Lipinski definition) is 0. The minimum atomic E-state index is -0.308. The topological polar surface area (TPSA) is 62.3 Å². The number of ether oxygens (including phenoxy) is 2. The number of methoxy groups -OCH3 is 2. The lowest BCUT2D eigenvalue weighted by molar-refractivity contribution is -0.140. The SMILES string of the molecule is COc1ccc(N2C[C@@H](C(=O)N3CCCC4=C[C@@H]5C[C@@H](CN6CCCC[C@@H]56)[C@@H]43)CC2=O)c(OC)c1. The zero-order chi connectivity index (χ0) is 24.1. The summed E-state index contributed by atoms with van der Waals surface area (Å²) in [5.41, 5.74) is 2.20. The fourth-order valence-corrected chi connectivity index (χ4v) is 7.57. The van der Waals surface area contributed by atoms with Gasteiger partial charge in [0.25, 0.3) is 0 Å². The van der Waals surface area contributed by atoms with Gasteiger partial charge in [-0.1, -0.05) is 18.1 Å². The van der Waals surface area contributed by atoms with E-state index in [1.807, 2.05) is 12.1 Å². The number of fused-ring (bicyclic) bond motifs is 6. The molecule has 4 heterocycles. The lowest BCUT2D eigenvalue weighted by Crippen LogP contribution is -2.60. The highest BCUT2D eigenvalue weighted by Crippen LogP contribution is 2.46. The number of anilines is 1. The molecular formula is C28H37N3O4. The Labute approximate surface area is 208 Å². The predicted molar refractivity (Wildman–Crippen MR) is 134 cm³/mol. The van der Waals surface area contributed by atoms with Crippen LogP contribution in [0.15, 0.2) is 29.8 Å². The van der Waals surface area contributed by atoms with E-state index in [2.05, 4.69) is 15.9 Å². The second-order valence-electron chi connectivity index (χ2n) is 11.0. The van der Waals surface area contributed by atoms with Gasteiger partial charge in [-0.25, -0.2) is 0 Å². The van der Waals surface area contributed by atoms with Gasteiger partial charge in [0.05, 0.1) is 31.9 Å². The summed E-state index contributed by atoms with van der Waals surface area (Å²) in [5, 5.41) is 0. The van der Waals surface area contributed by atoms with Gasteiger partial charge in [0.2, 0.25) is 11.8 Å². The van der Waals surface area contributed by atoms with Gasteiger partial charge in [0, 0.05) is 38.2 Å². The third-order valence-corrected chi connectivity index (χ3v) is 9.09. The number of nitrogens with zero attached hydrogens (tertiary/aromatic N) is 3. The Morgan fingerprint density at radius 2 is 1.94 bits per heavy atom. The highest BCUT2D eigenvalue weighted by molar-refractivity contribution is 6.01. The maximum atomic E-state index is 13.9. The van der Waals surface area contributed by atoms with E-state index in [1.54, 1.807) is 25.2 Å². The van der Waals surface area contributed by atoms with Crippen molar-refractivity contribution in [2.24, 2.45) is 17.8 Å². The first-order valence-electron chi connectivity index (χ1n) is 13.3. The molecule has 4 fully saturated rings. The molecule has 4 saturated heterocycles. The van der Waals surface area contributed by atoms with E-state index >= 15 is 0 Å². The van der Waals surface area contributed by atoms with Gasteiger partial charge in [-0.05, 0) is 62.6 Å². The first kappa shape index (κ1) is 22.9. The summed E-state index contributed by atoms with van der Waals surface area (Å²) < 4.78 is 10.8. The van der Waals surface area contributed by atoms with Crippen LogP contribution in [0.1, 0.15) is 44.9 Å². The van der Waals surface area contributed by atoms with Crippen LogP contribution in [0.3, 0.4) is 0 Å². The van der Waals surface area contributed by atoms with Crippen LogP contribution < -0.4 is 14.4 Å². The predicted octanol–water partition coefficient (Wildman–Crippen LogP) is 3.48. The summed E-state index contributed by atoms with van der Waals surface area (Å²) in [7, 11) is 3.20. The second kappa shape index (κ2) is 9.16. The van der Waals surface area contributed by atoms with Gasteiger partial charge in [0.1, 0.15) is 11.5 Å². The van der Waals surface area contributed by atoms with Crippen LogP contribution >= 0.6 is 0 Å². The monoisotopic (exact) mass is 479 g/mol. The Balaban J connectivity index is 1.22. The smallest absolute Gasteiger partial charge is 0.228 e. The van der Waals surface area contributed by atoms with E-state index in [1.165, 1.54) is 37.8 Å². The lowest BCUT2D eigenvalue weighted by Gasteiger charge is -2.55. The molecule has 2 amide bonds. The summed E-state index contributed by atoms with van der Waals surface area (Å²) in [6.45, 7) is 3.54. The molecule has 188 valence electrons. The third-order valence-electron chi connectivity index (χ3n) is 9.09. The van der Waals surface area contributed by atoms with Crippen molar-refractivity contribution < 1.29 is 19.1 Å². The first-order valence-corrected chi connectivity index (χ1v) is 13.3. The number of carbonyl (C=O) groups excluding carboxylic acids is 2. The maximum absolute atomic E-state index is 13.9. The number of hydrogen-bond acceptors (Lipinski definition) is 5. The molecule has 0 N–H and O–H groups in total. The van der Waals surface area contributed by atoms with Gasteiger partial charge < -0.3 is 19.3 Å². The molecular weight excluding hydrogens is 442 g/mol. The standard InChI is InChI=1S/C28H37N3O4/c1-34-22-8-9-24(25(15-22)35-2)31-17-21(14-26(31)32)28(33)30-11-5-6-18-12-19-13-20(27(18)30)16-29-10-4-3-7-23(19)29/h8-9,12,15,19-21,23,27H,3-7,10-11,13-14,16-17H2,1-2H3/t19-,20+,21+,23+,27-/m1/s1. The van der Waals surface area contributed by atoms with Crippen molar-refractivity contribution in [2.45, 2.75) is 57.0 Å². The second-order valence-corrected chi connectivity index (χ2v) is 11.0. The van der Waals surface area contributed by atoms with Gasteiger partial charge >= 0.3 is 0 Å². The summed E-state index contributed by atoms with van der Waals surface area (Å²) in [5.74, 6) is 2.27. The number of piperidine rings is 3. The molecule has 35 heavy (non-hydrogen) atoms. The van der Waals surface area contributed by atoms with Crippen LogP contribution in [-0.2, 0) is 9.59 Å². The normalized spacial score (nSPS) is 32.6. The Bertz CT molecular complexity index is 1040. The van der Waals surface area contributed by atoms with Crippen LogP contribution in [0.2, 0.25) is 0 Å². The van der Waals surface area contributed by atoms with E-state index in [0.717, 1.165) is 25.9 Å². The van der Waals surface area contributed by atoms with Crippen molar-refractivity contribution in [3.05, 3.63) is 29.8 Å². The van der Waals surface area contributed by atoms with Crippen molar-refractivity contribution in [1.82, 2.24) is 9.80 Å². The largest absolute Gasteiger partial charge is 0.497 e. The molecule has 0 spiro atoms. The number of amides is 2. The Hall–Kier alpha value is -2.54. The highest BCUT2D eigenvalue weighted by Gasteiger charge is 2.48. The van der Waals surface area contributed by atoms with Gasteiger partial charge in [-0.2, -0.15) is 0 Å². The minimum Gasteiger partial charge on any atom is -0.497 e. The zero-order valence-corrected chi connectivity index (χ0v) is 20.9. The van der Waals surface area contributed by atoms with E-state index in [4.69, 9.17) is 9.47 Å². The molecule has 7 heteroatoms. The molecule has 1 aliphatic carbocycles. The molecule has 1 aromatic rings. The van der Waals surface area contributed by atoms with E-state index in [-0.39, 0.29) is 30.2 Å². The summed E-state index contributed by atoms with van der Waals surface area (Å²) in [6.07, 6.45) is 10.1. The van der Waals surface area contributed by atoms with E-state index in [9.17, 15) is 9.59 Å². The highest BCUT2D eigenvalue weighted by atomic mass is 16.5. The number of carbonyl (C=O) groups is 2. The number of rotatable bonds is 4. The molecule has 0 saturated carbocycles. The molecule has 0 radical (unpaired) electrons. The van der Waals surface area contributed by atoms with Crippen molar-refractivity contribution in [3.63, 3.8) is 0 Å². The fourth-order valence-electron chi connectivity index (χ4n) is 7.57. The molecule has 0 aromatic heterocycles. The fraction of sp³-hybridized carbons (Fsp3) is 0.643. The van der Waals surface area contributed by atoms with Crippen molar-refractivity contribution in [2.75, 3.05) is 45.3 Å². The van der Waals surface area contributed by atoms with Crippen LogP contribution in [-0.4, -0.2) is 74.1 Å². The summed E-state index contributed by atoms with van der Waals surface area (Å²) in [4.78, 5) is 33.6. The lowest BCUT2D eigenvalue weighted by atomic mass is 9.68. The molecule has 1 aromatic carbocycles. The molecule has 6 rings (SSSR count). The average molecular weight is 480 g/mol. The molecule has 2 bridgehead atoms. The summed E-state index contributed by atoms with van der Waals surface area (Å²) >= 11 is 0. The minimum absolute atomic E-state index is 0.0166. The van der Waals surface area contributed by atoms with Crippen molar-refractivity contribution in [3.8, 4) is 11.5 Å². The van der Waals surface area contributed by atoms with Gasteiger partial charge in [-0.3, -0.25) is 14.5 Å². The van der Waals surface area contributed by atoms with Crippen LogP contribution in [0, 0.1) is 17.8 Å². The Morgan fingerprint density at radius 3 is 2.77 bits per heavy atom. The third kappa shape index (κ3) is 3.92. The average Bonchev–Trinajstić information content (AvgIpc) is 3.28. The van der Waals surface area contributed by atoms with Crippen LogP contribution in [0.4, 0.5) is 5.69 Å². The van der Waals surface area contributed by atoms with Crippen molar-refractivity contribution >= 4 is 17.5 Å². The van der Waals surface area contributed by atoms with Crippen molar-refractivity contribution in [1.29, 1.82) is 0 Å². The molecule has 4 aliphatic heterocycles. The quantitative estimate of drug-likeness (QED) is 0.619. The molecule has 5 aliphatic rings. The first-order chi connectivity index (χ1) is 17.1. The molecule has 5 atom stereocenters. The van der Waals surface area contributed by atoms with E-state index < -0.39 is 0 Å². The number of benzene rings is 1.